The summed E-state index contributed by atoms with van der Waals surface area (Å²) in [7, 11) is 0. The first-order valence-electron chi connectivity index (χ1n) is 5.18. The summed E-state index contributed by atoms with van der Waals surface area (Å²) in [5.74, 6) is -1.49. The first-order chi connectivity index (χ1) is 7.60. The number of carbonyl (C=O) groups is 1. The molecular weight excluding hydrogens is 228 g/mol. The lowest BCUT2D eigenvalue weighted by molar-refractivity contribution is -0.161. The summed E-state index contributed by atoms with van der Waals surface area (Å²) in [6, 6.07) is 3.91. The van der Waals surface area contributed by atoms with Gasteiger partial charge in [0.25, 0.3) is 0 Å². The normalized spacial score (nSPS) is 29.4. The highest BCUT2D eigenvalue weighted by molar-refractivity contribution is 7.10. The second kappa shape index (κ2) is 4.53. The molecule has 1 N–H and O–H groups in total. The molecule has 0 spiro atoms. The molecule has 5 heteroatoms. The fourth-order valence-corrected chi connectivity index (χ4v) is 2.51. The van der Waals surface area contributed by atoms with Crippen molar-refractivity contribution in [1.82, 2.24) is 0 Å². The molecule has 88 valence electrons. The van der Waals surface area contributed by atoms with Gasteiger partial charge in [-0.25, -0.2) is 0 Å². The molecule has 2 heterocycles. The molecule has 2 atom stereocenters. The summed E-state index contributed by atoms with van der Waals surface area (Å²) >= 11 is 1.58. The highest BCUT2D eigenvalue weighted by atomic mass is 32.1. The lowest BCUT2D eigenvalue weighted by Gasteiger charge is -2.21. The molecule has 0 bridgehead atoms. The molecule has 16 heavy (non-hydrogen) atoms. The lowest BCUT2D eigenvalue weighted by atomic mass is 10.2. The van der Waals surface area contributed by atoms with Gasteiger partial charge in [0.2, 0.25) is 5.79 Å². The van der Waals surface area contributed by atoms with Crippen LogP contribution < -0.4 is 0 Å². The van der Waals surface area contributed by atoms with E-state index in [1.807, 2.05) is 24.4 Å². The van der Waals surface area contributed by atoms with Crippen LogP contribution in [0.15, 0.2) is 17.5 Å². The van der Waals surface area contributed by atoms with Gasteiger partial charge in [-0.15, -0.1) is 11.3 Å². The molecule has 1 aromatic heterocycles. The SMILES string of the molecule is CC1(c2cccs2)OCC(CCC(=O)O)O1. The van der Waals surface area contributed by atoms with E-state index in [4.69, 9.17) is 14.6 Å². The standard InChI is InChI=1S/C11H14O4S/c1-11(9-3-2-6-16-9)14-7-8(15-11)4-5-10(12)13/h2-3,6,8H,4-5,7H2,1H3,(H,12,13). The van der Waals surface area contributed by atoms with Gasteiger partial charge in [0.05, 0.1) is 17.6 Å². The molecule has 1 fully saturated rings. The molecule has 1 saturated heterocycles. The van der Waals surface area contributed by atoms with Crippen molar-refractivity contribution in [2.24, 2.45) is 0 Å². The predicted molar refractivity (Wildman–Crippen MR) is 59.4 cm³/mol. The van der Waals surface area contributed by atoms with Gasteiger partial charge in [-0.1, -0.05) is 6.07 Å². The van der Waals surface area contributed by atoms with E-state index >= 15 is 0 Å². The fraction of sp³-hybridized carbons (Fsp3) is 0.545. The summed E-state index contributed by atoms with van der Waals surface area (Å²) in [5, 5.41) is 10.6. The molecule has 1 aliphatic rings. The molecular formula is C11H14O4S. The van der Waals surface area contributed by atoms with Crippen LogP contribution in [0.5, 0.6) is 0 Å². The number of carboxylic acid groups (broad SMARTS) is 1. The van der Waals surface area contributed by atoms with Crippen LogP contribution in [0.2, 0.25) is 0 Å². The first kappa shape index (κ1) is 11.6. The van der Waals surface area contributed by atoms with Gasteiger partial charge in [-0.2, -0.15) is 0 Å². The second-order valence-corrected chi connectivity index (χ2v) is 4.85. The van der Waals surface area contributed by atoms with E-state index < -0.39 is 11.8 Å². The van der Waals surface area contributed by atoms with E-state index in [1.54, 1.807) is 11.3 Å². The number of aliphatic carboxylic acids is 1. The van der Waals surface area contributed by atoms with Crippen molar-refractivity contribution in [1.29, 1.82) is 0 Å². The molecule has 0 radical (unpaired) electrons. The quantitative estimate of drug-likeness (QED) is 0.879. The van der Waals surface area contributed by atoms with Crippen LogP contribution in [0.1, 0.15) is 24.6 Å². The van der Waals surface area contributed by atoms with Gasteiger partial charge in [-0.05, 0) is 24.8 Å². The highest BCUT2D eigenvalue weighted by Crippen LogP contribution is 2.37. The zero-order valence-electron chi connectivity index (χ0n) is 9.01. The average Bonchev–Trinajstić information content (AvgIpc) is 2.84. The Morgan fingerprint density at radius 3 is 3.19 bits per heavy atom. The van der Waals surface area contributed by atoms with E-state index in [-0.39, 0.29) is 12.5 Å². The van der Waals surface area contributed by atoms with E-state index in [2.05, 4.69) is 0 Å². The summed E-state index contributed by atoms with van der Waals surface area (Å²) in [6.07, 6.45) is 0.494. The van der Waals surface area contributed by atoms with E-state index in [0.717, 1.165) is 4.88 Å². The maximum atomic E-state index is 10.5. The van der Waals surface area contributed by atoms with Gasteiger partial charge >= 0.3 is 5.97 Å². The molecule has 4 nitrogen and oxygen atoms in total. The Morgan fingerprint density at radius 2 is 2.56 bits per heavy atom. The number of rotatable bonds is 4. The number of carboxylic acids is 1. The van der Waals surface area contributed by atoms with Crippen LogP contribution >= 0.6 is 11.3 Å². The molecule has 1 aliphatic heterocycles. The van der Waals surface area contributed by atoms with Gasteiger partial charge in [0.1, 0.15) is 0 Å². The molecule has 2 rings (SSSR count). The first-order valence-corrected chi connectivity index (χ1v) is 6.06. The van der Waals surface area contributed by atoms with Crippen LogP contribution in [0, 0.1) is 0 Å². The van der Waals surface area contributed by atoms with E-state index in [0.29, 0.717) is 13.0 Å². The number of hydrogen-bond acceptors (Lipinski definition) is 4. The van der Waals surface area contributed by atoms with Crippen molar-refractivity contribution >= 4 is 17.3 Å². The Hall–Kier alpha value is -0.910. The highest BCUT2D eigenvalue weighted by Gasteiger charge is 2.39. The third-order valence-electron chi connectivity index (χ3n) is 2.59. The summed E-state index contributed by atoms with van der Waals surface area (Å²) in [4.78, 5) is 11.5. The van der Waals surface area contributed by atoms with E-state index in [1.165, 1.54) is 0 Å². The van der Waals surface area contributed by atoms with Crippen molar-refractivity contribution in [3.05, 3.63) is 22.4 Å². The second-order valence-electron chi connectivity index (χ2n) is 3.91. The maximum Gasteiger partial charge on any atom is 0.303 e. The van der Waals surface area contributed by atoms with Crippen LogP contribution in [0.25, 0.3) is 0 Å². The zero-order chi connectivity index (χ0) is 11.6. The largest absolute Gasteiger partial charge is 0.481 e. The third kappa shape index (κ3) is 2.42. The Balaban J connectivity index is 1.94. The van der Waals surface area contributed by atoms with Crippen LogP contribution in [0.3, 0.4) is 0 Å². The molecule has 2 unspecified atom stereocenters. The van der Waals surface area contributed by atoms with Crippen molar-refractivity contribution in [3.8, 4) is 0 Å². The minimum atomic E-state index is -0.798. The molecule has 0 aromatic carbocycles. The minimum absolute atomic E-state index is 0.120. The molecule has 0 amide bonds. The topological polar surface area (TPSA) is 55.8 Å². The summed E-state index contributed by atoms with van der Waals surface area (Å²) in [5.41, 5.74) is 0. The smallest absolute Gasteiger partial charge is 0.303 e. The van der Waals surface area contributed by atoms with Crippen LogP contribution in [0.4, 0.5) is 0 Å². The Bertz CT molecular complexity index is 362. The number of ether oxygens (including phenoxy) is 2. The average molecular weight is 242 g/mol. The van der Waals surface area contributed by atoms with Gasteiger partial charge in [0.15, 0.2) is 0 Å². The molecule has 0 saturated carbocycles. The lowest BCUT2D eigenvalue weighted by Crippen LogP contribution is -2.22. The maximum absolute atomic E-state index is 10.5. The van der Waals surface area contributed by atoms with Gasteiger partial charge in [0, 0.05) is 6.42 Å². The summed E-state index contributed by atoms with van der Waals surface area (Å²) in [6.45, 7) is 2.33. The number of hydrogen-bond donors (Lipinski definition) is 1. The Kier molecular flexibility index (Phi) is 3.28. The fourth-order valence-electron chi connectivity index (χ4n) is 1.73. The zero-order valence-corrected chi connectivity index (χ0v) is 9.83. The van der Waals surface area contributed by atoms with Gasteiger partial charge < -0.3 is 14.6 Å². The van der Waals surface area contributed by atoms with E-state index in [9.17, 15) is 4.79 Å². The third-order valence-corrected chi connectivity index (χ3v) is 3.64. The van der Waals surface area contributed by atoms with Crippen LogP contribution in [-0.4, -0.2) is 23.8 Å². The van der Waals surface area contributed by atoms with Crippen LogP contribution in [-0.2, 0) is 20.1 Å². The molecule has 0 aliphatic carbocycles. The van der Waals surface area contributed by atoms with Crippen molar-refractivity contribution in [2.75, 3.05) is 6.61 Å². The van der Waals surface area contributed by atoms with Crippen molar-refractivity contribution in [3.63, 3.8) is 0 Å². The van der Waals surface area contributed by atoms with Crippen molar-refractivity contribution < 1.29 is 19.4 Å². The summed E-state index contributed by atoms with van der Waals surface area (Å²) < 4.78 is 11.4. The predicted octanol–water partition coefficient (Wildman–Crippen LogP) is 2.20. The monoisotopic (exact) mass is 242 g/mol. The molecule has 1 aromatic rings. The van der Waals surface area contributed by atoms with Crippen molar-refractivity contribution in [2.45, 2.75) is 31.7 Å². The Labute approximate surface area is 97.8 Å². The number of thiophene rings is 1. The minimum Gasteiger partial charge on any atom is -0.481 e. The Morgan fingerprint density at radius 1 is 1.75 bits per heavy atom. The van der Waals surface area contributed by atoms with Gasteiger partial charge in [-0.3, -0.25) is 4.79 Å².